The fourth-order valence-corrected chi connectivity index (χ4v) is 2.20. The summed E-state index contributed by atoms with van der Waals surface area (Å²) in [5.41, 5.74) is 2.99. The summed E-state index contributed by atoms with van der Waals surface area (Å²) in [5.74, 6) is 0.0588. The summed E-state index contributed by atoms with van der Waals surface area (Å²) >= 11 is 0. The standard InChI is InChI=1S/C9H10F3NO.C8H6F3NO3.CH4O/c1-5-6(9(10,11)12)3-4-7(14-2)8(5)13;1-15-7-3-2-5(8(9,10)11)4-6(7)12(13)14;1-2/h3-4H,13H2,1-2H3;2-4H,1H3;2H,1H3. The first-order valence-corrected chi connectivity index (χ1v) is 8.08. The van der Waals surface area contributed by atoms with Gasteiger partial charge in [0, 0.05) is 13.2 Å². The Balaban J connectivity index is 0.000000539. The summed E-state index contributed by atoms with van der Waals surface area (Å²) in [6, 6.07) is 4.27. The van der Waals surface area contributed by atoms with Gasteiger partial charge >= 0.3 is 18.0 Å². The molecule has 0 fully saturated rings. The molecule has 0 atom stereocenters. The van der Waals surface area contributed by atoms with E-state index in [1.807, 2.05) is 0 Å². The van der Waals surface area contributed by atoms with Crippen LogP contribution in [-0.4, -0.2) is 31.4 Å². The van der Waals surface area contributed by atoms with Crippen molar-refractivity contribution < 1.29 is 45.8 Å². The maximum Gasteiger partial charge on any atom is 0.416 e. The highest BCUT2D eigenvalue weighted by molar-refractivity contribution is 5.61. The zero-order valence-corrected chi connectivity index (χ0v) is 16.8. The average Bonchev–Trinajstić information content (AvgIpc) is 2.69. The van der Waals surface area contributed by atoms with Crippen LogP contribution in [0.25, 0.3) is 0 Å². The molecule has 0 spiro atoms. The van der Waals surface area contributed by atoms with Gasteiger partial charge in [-0.05, 0) is 36.8 Å². The molecule has 0 aliphatic rings. The van der Waals surface area contributed by atoms with Gasteiger partial charge in [-0.2, -0.15) is 26.3 Å². The summed E-state index contributed by atoms with van der Waals surface area (Å²) in [4.78, 5) is 9.50. The number of anilines is 1. The van der Waals surface area contributed by atoms with E-state index in [9.17, 15) is 36.5 Å². The third kappa shape index (κ3) is 7.51. The Kier molecular flexibility index (Phi) is 10.1. The summed E-state index contributed by atoms with van der Waals surface area (Å²) in [5, 5.41) is 17.4. The normalized spacial score (nSPS) is 10.8. The van der Waals surface area contributed by atoms with Crippen LogP contribution < -0.4 is 15.2 Å². The molecule has 174 valence electrons. The molecule has 0 unspecified atom stereocenters. The van der Waals surface area contributed by atoms with Crippen molar-refractivity contribution in [2.24, 2.45) is 0 Å². The third-order valence-electron chi connectivity index (χ3n) is 3.70. The monoisotopic (exact) mass is 458 g/mol. The lowest BCUT2D eigenvalue weighted by Gasteiger charge is -2.14. The number of benzene rings is 2. The van der Waals surface area contributed by atoms with Crippen LogP contribution in [0.3, 0.4) is 0 Å². The van der Waals surface area contributed by atoms with Crippen LogP contribution in [0.2, 0.25) is 0 Å². The zero-order chi connectivity index (χ0) is 24.6. The van der Waals surface area contributed by atoms with Crippen LogP contribution in [0.5, 0.6) is 11.5 Å². The molecule has 3 N–H and O–H groups in total. The van der Waals surface area contributed by atoms with E-state index < -0.39 is 34.1 Å². The van der Waals surface area contributed by atoms with Gasteiger partial charge in [-0.1, -0.05) is 0 Å². The van der Waals surface area contributed by atoms with Crippen molar-refractivity contribution in [1.82, 2.24) is 0 Å². The Hall–Kier alpha value is -3.22. The van der Waals surface area contributed by atoms with Gasteiger partial charge in [0.1, 0.15) is 5.75 Å². The van der Waals surface area contributed by atoms with Crippen LogP contribution in [0.4, 0.5) is 37.7 Å². The lowest BCUT2D eigenvalue weighted by Crippen LogP contribution is -2.09. The van der Waals surface area contributed by atoms with E-state index in [4.69, 9.17) is 15.6 Å². The van der Waals surface area contributed by atoms with E-state index in [0.717, 1.165) is 32.4 Å². The maximum absolute atomic E-state index is 12.4. The summed E-state index contributed by atoms with van der Waals surface area (Å²) in [7, 11) is 3.51. The molecule has 0 radical (unpaired) electrons. The minimum absolute atomic E-state index is 0.00292. The summed E-state index contributed by atoms with van der Waals surface area (Å²) in [6.07, 6.45) is -8.97. The van der Waals surface area contributed by atoms with E-state index in [-0.39, 0.29) is 22.7 Å². The van der Waals surface area contributed by atoms with E-state index in [2.05, 4.69) is 4.74 Å². The van der Waals surface area contributed by atoms with Crippen molar-refractivity contribution in [1.29, 1.82) is 0 Å². The summed E-state index contributed by atoms with van der Waals surface area (Å²) < 4.78 is 83.1. The number of aliphatic hydroxyl groups excluding tert-OH is 1. The maximum atomic E-state index is 12.4. The van der Waals surface area contributed by atoms with Crippen molar-refractivity contribution in [3.05, 3.63) is 57.1 Å². The first-order chi connectivity index (χ1) is 14.2. The van der Waals surface area contributed by atoms with Gasteiger partial charge < -0.3 is 20.3 Å². The Bertz CT molecular complexity index is 885. The topological polar surface area (TPSA) is 108 Å². The second kappa shape index (κ2) is 11.2. The quantitative estimate of drug-likeness (QED) is 0.295. The molecule has 7 nitrogen and oxygen atoms in total. The van der Waals surface area contributed by atoms with Crippen molar-refractivity contribution in [3.8, 4) is 11.5 Å². The number of ether oxygens (including phenoxy) is 2. The SMILES string of the molecule is CO.COc1ccc(C(F)(F)F)c(C)c1N.COc1ccc(C(F)(F)F)cc1[N+](=O)[O-]. The van der Waals surface area contributed by atoms with Crippen molar-refractivity contribution in [2.45, 2.75) is 19.3 Å². The van der Waals surface area contributed by atoms with Crippen molar-refractivity contribution in [3.63, 3.8) is 0 Å². The van der Waals surface area contributed by atoms with Crippen molar-refractivity contribution >= 4 is 11.4 Å². The molecule has 0 aliphatic heterocycles. The lowest BCUT2D eigenvalue weighted by molar-refractivity contribution is -0.386. The fourth-order valence-electron chi connectivity index (χ4n) is 2.20. The number of hydrogen-bond acceptors (Lipinski definition) is 6. The number of alkyl halides is 6. The molecular formula is C18H20F6N2O5. The molecule has 0 aromatic heterocycles. The highest BCUT2D eigenvalue weighted by Gasteiger charge is 2.34. The Labute approximate surface area is 173 Å². The molecule has 2 aromatic rings. The molecule has 0 heterocycles. The Morgan fingerprint density at radius 1 is 0.935 bits per heavy atom. The smallest absolute Gasteiger partial charge is 0.416 e. The van der Waals surface area contributed by atoms with Gasteiger partial charge in [-0.3, -0.25) is 10.1 Å². The van der Waals surface area contributed by atoms with E-state index in [1.54, 1.807) is 0 Å². The van der Waals surface area contributed by atoms with Gasteiger partial charge in [0.2, 0.25) is 0 Å². The first kappa shape index (κ1) is 27.8. The molecule has 2 rings (SSSR count). The number of aliphatic hydroxyl groups is 1. The fraction of sp³-hybridized carbons (Fsp3) is 0.333. The predicted octanol–water partition coefficient (Wildman–Crippen LogP) is 4.84. The van der Waals surface area contributed by atoms with E-state index in [1.165, 1.54) is 20.1 Å². The molecule has 31 heavy (non-hydrogen) atoms. The zero-order valence-electron chi connectivity index (χ0n) is 16.8. The predicted molar refractivity (Wildman–Crippen MR) is 99.9 cm³/mol. The molecule has 0 aliphatic carbocycles. The Morgan fingerprint density at radius 3 is 1.81 bits per heavy atom. The summed E-state index contributed by atoms with van der Waals surface area (Å²) in [6.45, 7) is 1.32. The van der Waals surface area contributed by atoms with Gasteiger partial charge in [-0.25, -0.2) is 0 Å². The van der Waals surface area contributed by atoms with Crippen LogP contribution in [-0.2, 0) is 12.4 Å². The molecule has 0 bridgehead atoms. The first-order valence-electron chi connectivity index (χ1n) is 8.08. The van der Waals surface area contributed by atoms with Crippen LogP contribution >= 0.6 is 0 Å². The highest BCUT2D eigenvalue weighted by Crippen LogP contribution is 2.37. The van der Waals surface area contributed by atoms with Crippen LogP contribution in [0.15, 0.2) is 30.3 Å². The molecule has 13 heteroatoms. The van der Waals surface area contributed by atoms with Crippen molar-refractivity contribution in [2.75, 3.05) is 27.1 Å². The minimum atomic E-state index is -4.60. The second-order valence-electron chi connectivity index (χ2n) is 5.49. The van der Waals surface area contributed by atoms with Gasteiger partial charge in [0.25, 0.3) is 0 Å². The second-order valence-corrected chi connectivity index (χ2v) is 5.49. The molecule has 0 saturated heterocycles. The molecular weight excluding hydrogens is 438 g/mol. The number of rotatable bonds is 3. The van der Waals surface area contributed by atoms with Gasteiger partial charge in [-0.15, -0.1) is 0 Å². The molecule has 0 amide bonds. The minimum Gasteiger partial charge on any atom is -0.495 e. The van der Waals surface area contributed by atoms with Crippen LogP contribution in [0.1, 0.15) is 16.7 Å². The third-order valence-corrected chi connectivity index (χ3v) is 3.70. The highest BCUT2D eigenvalue weighted by atomic mass is 19.4. The van der Waals surface area contributed by atoms with Gasteiger partial charge in [0.15, 0.2) is 5.75 Å². The van der Waals surface area contributed by atoms with Gasteiger partial charge in [0.05, 0.1) is 36.0 Å². The largest absolute Gasteiger partial charge is 0.495 e. The average molecular weight is 458 g/mol. The molecule has 0 saturated carbocycles. The number of halogens is 6. The number of nitro benzene ring substituents is 1. The number of nitrogens with zero attached hydrogens (tertiary/aromatic N) is 1. The number of methoxy groups -OCH3 is 2. The molecule has 2 aromatic carbocycles. The van der Waals surface area contributed by atoms with E-state index in [0.29, 0.717) is 6.07 Å². The Morgan fingerprint density at radius 2 is 1.42 bits per heavy atom. The number of nitro groups is 1. The lowest BCUT2D eigenvalue weighted by atomic mass is 10.1. The van der Waals surface area contributed by atoms with E-state index >= 15 is 0 Å². The number of nitrogen functional groups attached to an aromatic ring is 1. The van der Waals surface area contributed by atoms with Crippen LogP contribution in [0, 0.1) is 17.0 Å². The number of nitrogens with two attached hydrogens (primary N) is 1. The number of hydrogen-bond donors (Lipinski definition) is 2.